The van der Waals surface area contributed by atoms with Crippen molar-refractivity contribution in [2.45, 2.75) is 5.92 Å². The Bertz CT molecular complexity index is 1270. The van der Waals surface area contributed by atoms with Crippen LogP contribution in [0, 0.1) is 11.3 Å². The predicted molar refractivity (Wildman–Crippen MR) is 121 cm³/mol. The maximum atomic E-state index is 12.5. The van der Waals surface area contributed by atoms with Crippen LogP contribution in [0.5, 0.6) is 11.5 Å². The lowest BCUT2D eigenvalue weighted by Gasteiger charge is -2.26. The Balaban J connectivity index is 1.69. The Morgan fingerprint density at radius 1 is 1.10 bits per heavy atom. The fourth-order valence-corrected chi connectivity index (χ4v) is 4.06. The standard InChI is InChI=1S/C23H13BrCl2N2O3/c24-13-3-1-12(2-4-13)21-17-8-6-15(10-20(17)31-22(28)18(21)11-27)30-23(29)16-7-5-14(25)9-19(16)26/h1-10,21H,28H2. The van der Waals surface area contributed by atoms with Gasteiger partial charge in [-0.15, -0.1) is 0 Å². The first kappa shape index (κ1) is 21.3. The van der Waals surface area contributed by atoms with Crippen LogP contribution in [0.4, 0.5) is 0 Å². The van der Waals surface area contributed by atoms with Gasteiger partial charge in [-0.25, -0.2) is 4.79 Å². The molecule has 0 amide bonds. The molecule has 31 heavy (non-hydrogen) atoms. The zero-order chi connectivity index (χ0) is 22.1. The van der Waals surface area contributed by atoms with Gasteiger partial charge >= 0.3 is 5.97 Å². The van der Waals surface area contributed by atoms with E-state index in [0.29, 0.717) is 16.3 Å². The van der Waals surface area contributed by atoms with Crippen LogP contribution in [0.15, 0.2) is 76.6 Å². The molecule has 0 fully saturated rings. The molecule has 154 valence electrons. The van der Waals surface area contributed by atoms with Crippen molar-refractivity contribution in [1.29, 1.82) is 5.26 Å². The number of nitrogens with zero attached hydrogens (tertiary/aromatic N) is 1. The molecule has 0 radical (unpaired) electrons. The van der Waals surface area contributed by atoms with Gasteiger partial charge in [-0.2, -0.15) is 5.26 Å². The second-order valence-corrected chi connectivity index (χ2v) is 8.45. The van der Waals surface area contributed by atoms with Gasteiger partial charge in [-0.05, 0) is 42.0 Å². The van der Waals surface area contributed by atoms with Gasteiger partial charge in [0, 0.05) is 21.1 Å². The molecule has 2 N–H and O–H groups in total. The number of rotatable bonds is 3. The first-order chi connectivity index (χ1) is 14.9. The van der Waals surface area contributed by atoms with Gasteiger partial charge in [0.15, 0.2) is 0 Å². The summed E-state index contributed by atoms with van der Waals surface area (Å²) in [4.78, 5) is 12.5. The highest BCUT2D eigenvalue weighted by Crippen LogP contribution is 2.43. The number of ether oxygens (including phenoxy) is 2. The quantitative estimate of drug-likeness (QED) is 0.332. The van der Waals surface area contributed by atoms with Crippen LogP contribution in [-0.4, -0.2) is 5.97 Å². The number of fused-ring (bicyclic) bond motifs is 1. The van der Waals surface area contributed by atoms with Crippen LogP contribution < -0.4 is 15.2 Å². The Morgan fingerprint density at radius 2 is 1.84 bits per heavy atom. The van der Waals surface area contributed by atoms with Gasteiger partial charge in [0.2, 0.25) is 5.88 Å². The van der Waals surface area contributed by atoms with E-state index in [2.05, 4.69) is 22.0 Å². The average Bonchev–Trinajstić information content (AvgIpc) is 2.73. The minimum absolute atomic E-state index is 0.00661. The SMILES string of the molecule is N#CC1=C(N)Oc2cc(OC(=O)c3ccc(Cl)cc3Cl)ccc2C1c1ccc(Br)cc1. The van der Waals surface area contributed by atoms with Crippen molar-refractivity contribution < 1.29 is 14.3 Å². The maximum Gasteiger partial charge on any atom is 0.345 e. The maximum absolute atomic E-state index is 12.5. The zero-order valence-electron chi connectivity index (χ0n) is 15.7. The molecule has 1 atom stereocenters. The molecule has 0 saturated carbocycles. The lowest BCUT2D eigenvalue weighted by Crippen LogP contribution is -2.21. The Labute approximate surface area is 196 Å². The third kappa shape index (κ3) is 4.26. The normalized spacial score (nSPS) is 15.0. The van der Waals surface area contributed by atoms with E-state index in [1.54, 1.807) is 24.3 Å². The molecule has 0 saturated heterocycles. The number of carbonyl (C=O) groups excluding carboxylic acids is 1. The van der Waals surface area contributed by atoms with Crippen molar-refractivity contribution in [2.75, 3.05) is 0 Å². The molecule has 1 unspecified atom stereocenters. The monoisotopic (exact) mass is 514 g/mol. The summed E-state index contributed by atoms with van der Waals surface area (Å²) in [7, 11) is 0. The summed E-state index contributed by atoms with van der Waals surface area (Å²) >= 11 is 15.4. The van der Waals surface area contributed by atoms with Gasteiger partial charge in [0.1, 0.15) is 23.1 Å². The van der Waals surface area contributed by atoms with E-state index in [-0.39, 0.29) is 22.2 Å². The van der Waals surface area contributed by atoms with Crippen molar-refractivity contribution in [3.63, 3.8) is 0 Å². The van der Waals surface area contributed by atoms with Gasteiger partial charge in [-0.1, -0.05) is 57.3 Å². The minimum atomic E-state index is -0.636. The van der Waals surface area contributed by atoms with Crippen molar-refractivity contribution in [3.05, 3.63) is 103 Å². The summed E-state index contributed by atoms with van der Waals surface area (Å²) in [5.41, 5.74) is 8.14. The largest absolute Gasteiger partial charge is 0.440 e. The number of nitriles is 1. The lowest BCUT2D eigenvalue weighted by molar-refractivity contribution is 0.0734. The summed E-state index contributed by atoms with van der Waals surface area (Å²) in [5, 5.41) is 10.3. The molecular weight excluding hydrogens is 503 g/mol. The fraction of sp³-hybridized carbons (Fsp3) is 0.0435. The Kier molecular flexibility index (Phi) is 5.92. The highest BCUT2D eigenvalue weighted by Gasteiger charge is 2.31. The van der Waals surface area contributed by atoms with Gasteiger partial charge in [0.05, 0.1) is 16.5 Å². The average molecular weight is 516 g/mol. The third-order valence-corrected chi connectivity index (χ3v) is 5.83. The molecule has 5 nitrogen and oxygen atoms in total. The van der Waals surface area contributed by atoms with E-state index in [9.17, 15) is 10.1 Å². The number of esters is 1. The minimum Gasteiger partial charge on any atom is -0.440 e. The molecule has 1 aliphatic rings. The number of hydrogen-bond donors (Lipinski definition) is 1. The summed E-state index contributed by atoms with van der Waals surface area (Å²) in [6, 6.07) is 19.2. The van der Waals surface area contributed by atoms with Crippen molar-refractivity contribution >= 4 is 45.1 Å². The molecule has 0 spiro atoms. The van der Waals surface area contributed by atoms with Crippen LogP contribution in [0.25, 0.3) is 0 Å². The van der Waals surface area contributed by atoms with Crippen LogP contribution in [0.2, 0.25) is 10.0 Å². The van der Waals surface area contributed by atoms with Gasteiger partial charge in [0.25, 0.3) is 0 Å². The molecule has 4 rings (SSSR count). The first-order valence-corrected chi connectivity index (χ1v) is 10.6. The van der Waals surface area contributed by atoms with Crippen molar-refractivity contribution in [3.8, 4) is 17.6 Å². The number of halogens is 3. The van der Waals surface area contributed by atoms with Crippen LogP contribution in [0.1, 0.15) is 27.4 Å². The predicted octanol–water partition coefficient (Wildman–Crippen LogP) is 6.19. The van der Waals surface area contributed by atoms with E-state index in [1.807, 2.05) is 24.3 Å². The van der Waals surface area contributed by atoms with Crippen LogP contribution >= 0.6 is 39.1 Å². The molecule has 0 aliphatic carbocycles. The van der Waals surface area contributed by atoms with E-state index in [0.717, 1.165) is 15.6 Å². The smallest absolute Gasteiger partial charge is 0.345 e. The highest BCUT2D eigenvalue weighted by atomic mass is 79.9. The Morgan fingerprint density at radius 3 is 2.52 bits per heavy atom. The summed E-state index contributed by atoms with van der Waals surface area (Å²) in [5.74, 6) is -0.387. The first-order valence-electron chi connectivity index (χ1n) is 9.01. The Hall–Kier alpha value is -2.98. The van der Waals surface area contributed by atoms with Crippen LogP contribution in [0.3, 0.4) is 0 Å². The highest BCUT2D eigenvalue weighted by molar-refractivity contribution is 9.10. The summed E-state index contributed by atoms with van der Waals surface area (Å²) in [6.45, 7) is 0. The topological polar surface area (TPSA) is 85.3 Å². The number of nitrogens with two attached hydrogens (primary N) is 1. The van der Waals surface area contributed by atoms with Crippen molar-refractivity contribution in [1.82, 2.24) is 0 Å². The molecular formula is C23H13BrCl2N2O3. The van der Waals surface area contributed by atoms with Gasteiger partial charge < -0.3 is 15.2 Å². The summed E-state index contributed by atoms with van der Waals surface area (Å²) in [6.07, 6.45) is 0. The molecule has 3 aromatic rings. The summed E-state index contributed by atoms with van der Waals surface area (Å²) < 4.78 is 12.0. The lowest BCUT2D eigenvalue weighted by atomic mass is 9.83. The second-order valence-electron chi connectivity index (χ2n) is 6.69. The number of allylic oxidation sites excluding steroid dienone is 1. The molecule has 8 heteroatoms. The van der Waals surface area contributed by atoms with E-state index < -0.39 is 11.9 Å². The van der Waals surface area contributed by atoms with Crippen molar-refractivity contribution in [2.24, 2.45) is 5.73 Å². The molecule has 1 aliphatic heterocycles. The van der Waals surface area contributed by atoms with Crippen LogP contribution in [-0.2, 0) is 0 Å². The fourth-order valence-electron chi connectivity index (χ4n) is 3.31. The second kappa shape index (κ2) is 8.64. The number of carbonyl (C=O) groups is 1. The number of hydrogen-bond acceptors (Lipinski definition) is 5. The molecule has 0 aromatic heterocycles. The third-order valence-electron chi connectivity index (χ3n) is 4.76. The van der Waals surface area contributed by atoms with E-state index in [1.165, 1.54) is 12.1 Å². The van der Waals surface area contributed by atoms with E-state index in [4.69, 9.17) is 38.4 Å². The number of benzene rings is 3. The van der Waals surface area contributed by atoms with Gasteiger partial charge in [-0.3, -0.25) is 0 Å². The molecule has 0 bridgehead atoms. The molecule has 1 heterocycles. The molecule has 3 aromatic carbocycles. The zero-order valence-corrected chi connectivity index (χ0v) is 18.8. The van der Waals surface area contributed by atoms with E-state index >= 15 is 0 Å².